The van der Waals surface area contributed by atoms with Crippen molar-refractivity contribution in [3.8, 4) is 89.0 Å². The third-order valence-electron chi connectivity index (χ3n) is 22.6. The zero-order valence-corrected chi connectivity index (χ0v) is 56.0. The van der Waals surface area contributed by atoms with Gasteiger partial charge in [-0.2, -0.15) is 0 Å². The van der Waals surface area contributed by atoms with Gasteiger partial charge in [0.2, 0.25) is 0 Å². The first-order valence-electron chi connectivity index (χ1n) is 34.4. The molecule has 0 fully saturated rings. The summed E-state index contributed by atoms with van der Waals surface area (Å²) in [6.45, 7) is 16.7. The van der Waals surface area contributed by atoms with Crippen LogP contribution in [0.4, 0.5) is 34.1 Å². The predicted molar refractivity (Wildman–Crippen MR) is 408 cm³/mol. The monoisotopic (exact) mass is 1240 g/mol. The fourth-order valence-electron chi connectivity index (χ4n) is 17.3. The molecule has 0 saturated carbocycles. The topological polar surface area (TPSA) is 6.48 Å². The van der Waals surface area contributed by atoms with Gasteiger partial charge in [-0.15, -0.1) is 0 Å². The minimum absolute atomic E-state index is 0.141. The molecule has 0 aromatic heterocycles. The van der Waals surface area contributed by atoms with Crippen molar-refractivity contribution in [2.45, 2.75) is 70.1 Å². The van der Waals surface area contributed by atoms with E-state index < -0.39 is 5.41 Å². The second kappa shape index (κ2) is 21.9. The van der Waals surface area contributed by atoms with E-state index in [1.165, 1.54) is 139 Å². The molecule has 0 amide bonds. The zero-order valence-electron chi connectivity index (χ0n) is 56.0. The van der Waals surface area contributed by atoms with E-state index >= 15 is 0 Å². The average molecular weight is 1240 g/mol. The Morgan fingerprint density at radius 2 is 0.485 bits per heavy atom. The van der Waals surface area contributed by atoms with Crippen LogP contribution in [0.25, 0.3) is 89.0 Å². The highest BCUT2D eigenvalue weighted by Crippen LogP contribution is 2.58. The Bertz CT molecular complexity index is 5480. The molecule has 2 nitrogen and oxygen atoms in total. The minimum atomic E-state index is -0.433. The molecule has 0 aliphatic heterocycles. The van der Waals surface area contributed by atoms with Crippen molar-refractivity contribution in [3.63, 3.8) is 0 Å². The fraction of sp³-hybridized carbons (Fsp3) is 0.116. The van der Waals surface area contributed by atoms with Gasteiger partial charge in [-0.1, -0.05) is 290 Å². The molecular formula is C95H74N2. The number of hydrogen-bond donors (Lipinski definition) is 0. The number of fused-ring (bicyclic) bond motifs is 12. The first kappa shape index (κ1) is 58.3. The van der Waals surface area contributed by atoms with Gasteiger partial charge in [0.25, 0.3) is 0 Å². The molecule has 18 rings (SSSR count). The third-order valence-corrected chi connectivity index (χ3v) is 22.6. The summed E-state index contributed by atoms with van der Waals surface area (Å²) in [7, 11) is 0. The maximum atomic E-state index is 2.51. The predicted octanol–water partition coefficient (Wildman–Crippen LogP) is 25.5. The number of nitrogens with zero attached hydrogens (tertiary/aromatic N) is 2. The van der Waals surface area contributed by atoms with Gasteiger partial charge in [-0.25, -0.2) is 0 Å². The van der Waals surface area contributed by atoms with Gasteiger partial charge in [-0.05, 0) is 213 Å². The molecule has 14 aromatic carbocycles. The second-order valence-electron chi connectivity index (χ2n) is 28.9. The molecular weight excluding hydrogens is 1170 g/mol. The number of para-hydroxylation sites is 1. The maximum Gasteiger partial charge on any atom is 0.0540 e. The van der Waals surface area contributed by atoms with Crippen LogP contribution in [0.5, 0.6) is 0 Å². The summed E-state index contributed by atoms with van der Waals surface area (Å²) in [5.74, 6) is 0. The number of benzene rings is 14. The van der Waals surface area contributed by atoms with Gasteiger partial charge in [-0.3, -0.25) is 0 Å². The van der Waals surface area contributed by atoms with Crippen molar-refractivity contribution in [2.24, 2.45) is 0 Å². The van der Waals surface area contributed by atoms with Crippen molar-refractivity contribution in [3.05, 3.63) is 372 Å². The van der Waals surface area contributed by atoms with Crippen LogP contribution in [-0.4, -0.2) is 0 Å². The zero-order chi connectivity index (χ0) is 65.5. The molecule has 0 spiro atoms. The van der Waals surface area contributed by atoms with E-state index in [1.807, 2.05) is 0 Å². The Labute approximate surface area is 571 Å². The van der Waals surface area contributed by atoms with E-state index in [-0.39, 0.29) is 16.2 Å². The van der Waals surface area contributed by atoms with Gasteiger partial charge in [0.05, 0.1) is 5.69 Å². The van der Waals surface area contributed by atoms with Crippen LogP contribution in [-0.2, 0) is 21.7 Å². The van der Waals surface area contributed by atoms with Crippen LogP contribution in [0, 0.1) is 0 Å². The van der Waals surface area contributed by atoms with Crippen LogP contribution < -0.4 is 9.80 Å². The molecule has 4 aliphatic carbocycles. The van der Waals surface area contributed by atoms with Gasteiger partial charge < -0.3 is 9.80 Å². The SMILES string of the molecule is CC1(C)c2ccccc2-c2ccc(N(c3ccc(-c4ccc(-c5ccc(C6(C)c7ccccc7-c7ccc(N(c8ccc9c(c8)C(C)(C)c8ccccc8-9)c8ccccc8-c8ccccc8)cc76)cc5)cc4)cc3)c3ccc4c(c3)C(C)(C)c3cc(-c5ccccc5)ccc3-4)cc21. The smallest absolute Gasteiger partial charge is 0.0540 e. The lowest BCUT2D eigenvalue weighted by atomic mass is 9.74. The van der Waals surface area contributed by atoms with Crippen LogP contribution in [0.1, 0.15) is 98.5 Å². The molecule has 1 atom stereocenters. The summed E-state index contributed by atoms with van der Waals surface area (Å²) in [6.07, 6.45) is 0. The quantitative estimate of drug-likeness (QED) is 0.127. The Morgan fingerprint density at radius 3 is 0.979 bits per heavy atom. The van der Waals surface area contributed by atoms with Crippen molar-refractivity contribution < 1.29 is 0 Å². The van der Waals surface area contributed by atoms with Gasteiger partial charge in [0.15, 0.2) is 0 Å². The molecule has 1 unspecified atom stereocenters. The van der Waals surface area contributed by atoms with Crippen LogP contribution in [0.2, 0.25) is 0 Å². The Morgan fingerprint density at radius 1 is 0.186 bits per heavy atom. The molecule has 0 N–H and O–H groups in total. The molecule has 0 radical (unpaired) electrons. The van der Waals surface area contributed by atoms with E-state index in [0.717, 1.165) is 34.1 Å². The van der Waals surface area contributed by atoms with E-state index in [2.05, 4.69) is 380 Å². The van der Waals surface area contributed by atoms with Crippen molar-refractivity contribution >= 4 is 34.1 Å². The molecule has 0 bridgehead atoms. The maximum absolute atomic E-state index is 2.51. The van der Waals surface area contributed by atoms with Crippen LogP contribution >= 0.6 is 0 Å². The molecule has 2 heteroatoms. The second-order valence-corrected chi connectivity index (χ2v) is 28.9. The summed E-state index contributed by atoms with van der Waals surface area (Å²) < 4.78 is 0. The third kappa shape index (κ3) is 9.00. The van der Waals surface area contributed by atoms with Crippen molar-refractivity contribution in [1.29, 1.82) is 0 Å². The van der Waals surface area contributed by atoms with Crippen molar-refractivity contribution in [2.75, 3.05) is 9.80 Å². The first-order chi connectivity index (χ1) is 47.2. The summed E-state index contributed by atoms with van der Waals surface area (Å²) in [5.41, 5.74) is 38.0. The molecule has 0 heterocycles. The average Bonchev–Trinajstić information content (AvgIpc) is 1.58. The Hall–Kier alpha value is -11.3. The van der Waals surface area contributed by atoms with Crippen molar-refractivity contribution in [1.82, 2.24) is 0 Å². The van der Waals surface area contributed by atoms with E-state index in [9.17, 15) is 0 Å². The lowest BCUT2D eigenvalue weighted by Crippen LogP contribution is -2.23. The van der Waals surface area contributed by atoms with Gasteiger partial charge in [0, 0.05) is 55.7 Å². The number of hydrogen-bond acceptors (Lipinski definition) is 2. The summed E-state index contributed by atoms with van der Waals surface area (Å²) in [4.78, 5) is 4.98. The molecule has 0 saturated heterocycles. The summed E-state index contributed by atoms with van der Waals surface area (Å²) >= 11 is 0. The lowest BCUT2D eigenvalue weighted by Gasteiger charge is -2.32. The normalized spacial score (nSPS) is 15.7. The van der Waals surface area contributed by atoms with Crippen LogP contribution in [0.3, 0.4) is 0 Å². The van der Waals surface area contributed by atoms with E-state index in [1.54, 1.807) is 0 Å². The van der Waals surface area contributed by atoms with Gasteiger partial charge in [0.1, 0.15) is 0 Å². The fourth-order valence-corrected chi connectivity index (χ4v) is 17.3. The number of rotatable bonds is 11. The largest absolute Gasteiger partial charge is 0.310 e. The Balaban J connectivity index is 0.671. The van der Waals surface area contributed by atoms with Gasteiger partial charge >= 0.3 is 0 Å². The molecule has 97 heavy (non-hydrogen) atoms. The molecule has 14 aromatic rings. The minimum Gasteiger partial charge on any atom is -0.310 e. The highest BCUT2D eigenvalue weighted by molar-refractivity contribution is 5.95. The highest BCUT2D eigenvalue weighted by Gasteiger charge is 2.43. The first-order valence-corrected chi connectivity index (χ1v) is 34.4. The van der Waals surface area contributed by atoms with E-state index in [0.29, 0.717) is 0 Å². The molecule has 4 aliphatic rings. The van der Waals surface area contributed by atoms with E-state index in [4.69, 9.17) is 0 Å². The highest BCUT2D eigenvalue weighted by atomic mass is 15.2. The lowest BCUT2D eigenvalue weighted by molar-refractivity contribution is 0.660. The van der Waals surface area contributed by atoms with Crippen LogP contribution in [0.15, 0.2) is 322 Å². The molecule has 464 valence electrons. The Kier molecular flexibility index (Phi) is 13.1. The standard InChI is InChI=1S/C95H74N2/c1-92(2)83-30-18-14-27-75(83)79-52-47-70(57-87(79)92)96(71-48-53-81-78-51-42-67(61-22-10-8-11-23-61)56-86(78)94(5,6)89(81)58-71)69-45-40-65(41-46-69)63-36-34-62(35-37-63)64-38-43-68(44-39-64)95(7)85-32-20-16-29-77(85)82-55-50-73(60-90(82)95)97(91-33-21-17-26-74(91)66-24-12-9-13-25-66)72-49-54-80-76-28-15-19-31-84(76)93(3,4)88(80)59-72/h8-60H,1-7H3. The summed E-state index contributed by atoms with van der Waals surface area (Å²) in [5, 5.41) is 0. The number of anilines is 6. The summed E-state index contributed by atoms with van der Waals surface area (Å²) in [6, 6.07) is 121.